The maximum atomic E-state index is 11.9. The lowest BCUT2D eigenvalue weighted by atomic mass is 10.2. The second-order valence-electron chi connectivity index (χ2n) is 2.67. The molecule has 1 rings (SSSR count). The van der Waals surface area contributed by atoms with E-state index in [1.54, 1.807) is 6.07 Å². The Kier molecular flexibility index (Phi) is 2.70. The predicted molar refractivity (Wildman–Crippen MR) is 44.8 cm³/mol. The highest BCUT2D eigenvalue weighted by Crippen LogP contribution is 2.30. The molecule has 1 aromatic rings. The molecular formula is C8H6F3N3O. The Bertz CT molecular complexity index is 399. The van der Waals surface area contributed by atoms with Crippen molar-refractivity contribution in [1.82, 2.24) is 4.98 Å². The summed E-state index contributed by atoms with van der Waals surface area (Å²) >= 11 is 0. The van der Waals surface area contributed by atoms with Crippen molar-refractivity contribution in [2.75, 3.05) is 5.73 Å². The summed E-state index contributed by atoms with van der Waals surface area (Å²) in [5.41, 5.74) is 4.89. The number of nitrogens with two attached hydrogens (primary N) is 1. The van der Waals surface area contributed by atoms with E-state index in [2.05, 4.69) is 9.72 Å². The molecule has 1 aromatic heterocycles. The van der Waals surface area contributed by atoms with E-state index < -0.39 is 12.1 Å². The van der Waals surface area contributed by atoms with Crippen molar-refractivity contribution in [2.45, 2.75) is 13.3 Å². The number of hydrogen-bond donors (Lipinski definition) is 1. The van der Waals surface area contributed by atoms with Gasteiger partial charge in [-0.3, -0.25) is 0 Å². The van der Waals surface area contributed by atoms with Gasteiger partial charge in [-0.05, 0) is 6.92 Å². The van der Waals surface area contributed by atoms with Crippen LogP contribution in [0.15, 0.2) is 6.07 Å². The maximum absolute atomic E-state index is 11.9. The molecule has 0 spiro atoms. The number of alkyl halides is 3. The van der Waals surface area contributed by atoms with Gasteiger partial charge in [0.1, 0.15) is 11.8 Å². The molecule has 0 fully saturated rings. The Labute approximate surface area is 83.1 Å². The largest absolute Gasteiger partial charge is 0.573 e. The molecule has 0 amide bonds. The van der Waals surface area contributed by atoms with Crippen LogP contribution in [-0.4, -0.2) is 11.3 Å². The Hall–Kier alpha value is -1.97. The van der Waals surface area contributed by atoms with E-state index in [4.69, 9.17) is 11.0 Å². The van der Waals surface area contributed by atoms with Gasteiger partial charge in [0.05, 0.1) is 11.4 Å². The van der Waals surface area contributed by atoms with Crippen LogP contribution in [0.2, 0.25) is 0 Å². The first-order valence-corrected chi connectivity index (χ1v) is 3.76. The highest BCUT2D eigenvalue weighted by molar-refractivity contribution is 5.57. The van der Waals surface area contributed by atoms with Crippen molar-refractivity contribution >= 4 is 5.69 Å². The molecule has 0 unspecified atom stereocenters. The number of nitrogens with zero attached hydrogens (tertiary/aromatic N) is 2. The first-order valence-electron chi connectivity index (χ1n) is 3.76. The van der Waals surface area contributed by atoms with Gasteiger partial charge < -0.3 is 10.5 Å². The summed E-state index contributed by atoms with van der Waals surface area (Å²) in [6.45, 7) is 1.28. The number of nitrogen functional groups attached to an aromatic ring is 1. The molecule has 0 saturated carbocycles. The van der Waals surface area contributed by atoms with Crippen LogP contribution in [0.4, 0.5) is 18.9 Å². The fourth-order valence-electron chi connectivity index (χ4n) is 0.991. The average molecular weight is 217 g/mol. The minimum Gasteiger partial charge on any atom is -0.402 e. The molecule has 0 saturated heterocycles. The van der Waals surface area contributed by atoms with E-state index in [1.165, 1.54) is 6.92 Å². The quantitative estimate of drug-likeness (QED) is 0.777. The fourth-order valence-corrected chi connectivity index (χ4v) is 0.991. The molecule has 0 aliphatic carbocycles. The molecule has 4 nitrogen and oxygen atoms in total. The van der Waals surface area contributed by atoms with Crippen molar-refractivity contribution in [3.8, 4) is 11.8 Å². The van der Waals surface area contributed by atoms with Crippen molar-refractivity contribution < 1.29 is 17.9 Å². The van der Waals surface area contributed by atoms with Crippen LogP contribution in [0.25, 0.3) is 0 Å². The Morgan fingerprint density at radius 2 is 2.13 bits per heavy atom. The third kappa shape index (κ3) is 2.74. The second kappa shape index (κ2) is 3.65. The average Bonchev–Trinajstić information content (AvgIpc) is 2.09. The molecule has 2 N–H and O–H groups in total. The van der Waals surface area contributed by atoms with E-state index in [-0.39, 0.29) is 17.1 Å². The Morgan fingerprint density at radius 1 is 1.53 bits per heavy atom. The molecule has 7 heteroatoms. The van der Waals surface area contributed by atoms with Crippen LogP contribution in [0.5, 0.6) is 5.75 Å². The molecule has 0 bridgehead atoms. The zero-order chi connectivity index (χ0) is 11.6. The van der Waals surface area contributed by atoms with E-state index in [1.807, 2.05) is 0 Å². The zero-order valence-electron chi connectivity index (χ0n) is 7.59. The monoisotopic (exact) mass is 217 g/mol. The lowest BCUT2D eigenvalue weighted by Crippen LogP contribution is -2.19. The number of aryl methyl sites for hydroxylation is 1. The van der Waals surface area contributed by atoms with Gasteiger partial charge in [-0.25, -0.2) is 4.98 Å². The van der Waals surface area contributed by atoms with Gasteiger partial charge in [-0.2, -0.15) is 5.26 Å². The van der Waals surface area contributed by atoms with E-state index in [0.29, 0.717) is 0 Å². The number of ether oxygens (including phenoxy) is 1. The van der Waals surface area contributed by atoms with Crippen molar-refractivity contribution in [3.63, 3.8) is 0 Å². The molecule has 0 aliphatic rings. The van der Waals surface area contributed by atoms with Crippen LogP contribution in [0, 0.1) is 18.3 Å². The SMILES string of the molecule is Cc1nc(C#N)cc(N)c1OC(F)(F)F. The fraction of sp³-hybridized carbons (Fsp3) is 0.250. The van der Waals surface area contributed by atoms with Crippen LogP contribution in [0.3, 0.4) is 0 Å². The predicted octanol–water partition coefficient (Wildman–Crippen LogP) is 1.74. The summed E-state index contributed by atoms with van der Waals surface area (Å²) in [4.78, 5) is 3.57. The highest BCUT2D eigenvalue weighted by atomic mass is 19.4. The third-order valence-corrected chi connectivity index (χ3v) is 1.50. The molecule has 1 heterocycles. The van der Waals surface area contributed by atoms with E-state index >= 15 is 0 Å². The smallest absolute Gasteiger partial charge is 0.402 e. The van der Waals surface area contributed by atoms with Crippen LogP contribution in [0.1, 0.15) is 11.4 Å². The van der Waals surface area contributed by atoms with Gasteiger partial charge in [0, 0.05) is 6.07 Å². The number of hydrogen-bond acceptors (Lipinski definition) is 4. The van der Waals surface area contributed by atoms with Crippen LogP contribution >= 0.6 is 0 Å². The Morgan fingerprint density at radius 3 is 2.53 bits per heavy atom. The van der Waals surface area contributed by atoms with Crippen LogP contribution < -0.4 is 10.5 Å². The van der Waals surface area contributed by atoms with Gasteiger partial charge in [0.2, 0.25) is 0 Å². The van der Waals surface area contributed by atoms with Crippen LogP contribution in [-0.2, 0) is 0 Å². The molecule has 15 heavy (non-hydrogen) atoms. The van der Waals surface area contributed by atoms with E-state index in [0.717, 1.165) is 6.07 Å². The number of pyridine rings is 1. The van der Waals surface area contributed by atoms with E-state index in [9.17, 15) is 13.2 Å². The lowest BCUT2D eigenvalue weighted by molar-refractivity contribution is -0.274. The van der Waals surface area contributed by atoms with Gasteiger partial charge in [-0.15, -0.1) is 13.2 Å². The molecule has 0 aromatic carbocycles. The molecule has 0 aliphatic heterocycles. The number of halogens is 3. The molecule has 80 valence electrons. The first kappa shape index (κ1) is 11.1. The summed E-state index contributed by atoms with van der Waals surface area (Å²) < 4.78 is 39.4. The minimum atomic E-state index is -4.82. The van der Waals surface area contributed by atoms with Gasteiger partial charge >= 0.3 is 6.36 Å². The van der Waals surface area contributed by atoms with Crippen molar-refractivity contribution in [1.29, 1.82) is 5.26 Å². The number of nitriles is 1. The zero-order valence-corrected chi connectivity index (χ0v) is 7.59. The van der Waals surface area contributed by atoms with Gasteiger partial charge in [0.25, 0.3) is 0 Å². The second-order valence-corrected chi connectivity index (χ2v) is 2.67. The summed E-state index contributed by atoms with van der Waals surface area (Å²) in [7, 11) is 0. The number of rotatable bonds is 1. The third-order valence-electron chi connectivity index (χ3n) is 1.50. The normalized spacial score (nSPS) is 10.9. The maximum Gasteiger partial charge on any atom is 0.573 e. The number of anilines is 1. The first-order chi connectivity index (χ1) is 6.83. The van der Waals surface area contributed by atoms with Crippen molar-refractivity contribution in [3.05, 3.63) is 17.5 Å². The van der Waals surface area contributed by atoms with Gasteiger partial charge in [-0.1, -0.05) is 0 Å². The summed E-state index contributed by atoms with van der Waals surface area (Å²) in [5.74, 6) is -0.568. The van der Waals surface area contributed by atoms with Gasteiger partial charge in [0.15, 0.2) is 5.75 Å². The van der Waals surface area contributed by atoms with Crippen molar-refractivity contribution in [2.24, 2.45) is 0 Å². The highest BCUT2D eigenvalue weighted by Gasteiger charge is 2.33. The summed E-state index contributed by atoms with van der Waals surface area (Å²) in [6.07, 6.45) is -4.82. The summed E-state index contributed by atoms with van der Waals surface area (Å²) in [6, 6.07) is 2.69. The molecule has 0 radical (unpaired) electrons. The standard InChI is InChI=1S/C8H6F3N3O/c1-4-7(15-8(9,10)11)6(13)2-5(3-12)14-4/h2H,1H3,(H2,13,14). The molecular weight excluding hydrogens is 211 g/mol. The Balaban J connectivity index is 3.16. The lowest BCUT2D eigenvalue weighted by Gasteiger charge is -2.12. The summed E-state index contributed by atoms with van der Waals surface area (Å²) in [5, 5.41) is 8.48. The topological polar surface area (TPSA) is 71.9 Å². The molecule has 0 atom stereocenters. The number of aromatic nitrogens is 1. The minimum absolute atomic E-state index is 0.0560.